The van der Waals surface area contributed by atoms with Crippen molar-refractivity contribution in [1.29, 1.82) is 0 Å². The maximum atomic E-state index is 12.8. The van der Waals surface area contributed by atoms with Crippen LogP contribution in [0.3, 0.4) is 0 Å². The van der Waals surface area contributed by atoms with Gasteiger partial charge < -0.3 is 10.2 Å². The lowest BCUT2D eigenvalue weighted by Gasteiger charge is -2.46. The molecule has 0 bridgehead atoms. The topological polar surface area (TPSA) is 35.6 Å². The first-order valence-electron chi connectivity index (χ1n) is 9.17. The van der Waals surface area contributed by atoms with Gasteiger partial charge in [0.1, 0.15) is 0 Å². The fourth-order valence-electron chi connectivity index (χ4n) is 3.45. The lowest BCUT2D eigenvalue weighted by Crippen LogP contribution is -2.61. The molecule has 150 valence electrons. The van der Waals surface area contributed by atoms with Crippen LogP contribution in [0.5, 0.6) is 0 Å². The molecule has 1 saturated heterocycles. The molecule has 2 aromatic rings. The molecule has 0 aliphatic carbocycles. The van der Waals surface area contributed by atoms with Gasteiger partial charge in [-0.3, -0.25) is 4.90 Å². The maximum Gasteiger partial charge on any atom is 0.416 e. The number of likely N-dealkylation sites (tertiary alicyclic amines) is 1. The summed E-state index contributed by atoms with van der Waals surface area (Å²) in [6, 6.07) is 12.9. The lowest BCUT2D eigenvalue weighted by atomic mass is 9.98. The van der Waals surface area contributed by atoms with Crippen molar-refractivity contribution < 1.29 is 18.0 Å². The molecule has 1 N–H and O–H groups in total. The summed E-state index contributed by atoms with van der Waals surface area (Å²) >= 11 is 0. The first-order chi connectivity index (χ1) is 13.2. The zero-order chi connectivity index (χ0) is 20.5. The van der Waals surface area contributed by atoms with E-state index in [0.29, 0.717) is 13.1 Å². The Labute approximate surface area is 162 Å². The number of rotatable bonds is 4. The Bertz CT molecular complexity index is 847. The second kappa shape index (κ2) is 7.83. The van der Waals surface area contributed by atoms with Gasteiger partial charge in [0.25, 0.3) is 0 Å². The van der Waals surface area contributed by atoms with E-state index in [9.17, 15) is 18.0 Å². The summed E-state index contributed by atoms with van der Waals surface area (Å²) in [6.07, 6.45) is -4.43. The number of likely N-dealkylation sites (N-methyl/N-ethyl adjacent to an activating group) is 1. The predicted octanol–water partition coefficient (Wildman–Crippen LogP) is 4.92. The number of carbonyl (C=O) groups is 1. The van der Waals surface area contributed by atoms with Crippen molar-refractivity contribution in [3.63, 3.8) is 0 Å². The number of hydrogen-bond acceptors (Lipinski definition) is 2. The van der Waals surface area contributed by atoms with Gasteiger partial charge in [0.15, 0.2) is 0 Å². The molecule has 1 fully saturated rings. The van der Waals surface area contributed by atoms with Crippen LogP contribution in [0.2, 0.25) is 0 Å². The highest BCUT2D eigenvalue weighted by Crippen LogP contribution is 2.31. The third-order valence-electron chi connectivity index (χ3n) is 5.42. The van der Waals surface area contributed by atoms with Gasteiger partial charge in [0.05, 0.1) is 5.56 Å². The highest BCUT2D eigenvalue weighted by molar-refractivity contribution is 5.90. The largest absolute Gasteiger partial charge is 0.416 e. The van der Waals surface area contributed by atoms with Crippen LogP contribution < -0.4 is 5.32 Å². The number of nitrogens with zero attached hydrogens (tertiary/aromatic N) is 2. The van der Waals surface area contributed by atoms with Gasteiger partial charge in [0.2, 0.25) is 0 Å². The lowest BCUT2D eigenvalue weighted by molar-refractivity contribution is -0.137. The molecule has 1 atom stereocenters. The van der Waals surface area contributed by atoms with E-state index in [1.807, 2.05) is 19.2 Å². The predicted molar refractivity (Wildman–Crippen MR) is 103 cm³/mol. The highest BCUT2D eigenvalue weighted by atomic mass is 19.4. The van der Waals surface area contributed by atoms with Crippen LogP contribution in [-0.4, -0.2) is 42.0 Å². The van der Waals surface area contributed by atoms with E-state index < -0.39 is 11.7 Å². The van der Waals surface area contributed by atoms with Gasteiger partial charge in [0, 0.05) is 30.9 Å². The second-order valence-electron chi connectivity index (χ2n) is 7.27. The van der Waals surface area contributed by atoms with Crippen LogP contribution >= 0.6 is 0 Å². The third-order valence-corrected chi connectivity index (χ3v) is 5.42. The van der Waals surface area contributed by atoms with Crippen molar-refractivity contribution in [2.24, 2.45) is 0 Å². The van der Waals surface area contributed by atoms with Crippen molar-refractivity contribution in [2.75, 3.05) is 25.5 Å². The molecular weight excluding hydrogens is 367 g/mol. The molecule has 0 aromatic heterocycles. The van der Waals surface area contributed by atoms with E-state index in [1.54, 1.807) is 4.90 Å². The second-order valence-corrected chi connectivity index (χ2v) is 7.27. The van der Waals surface area contributed by atoms with Gasteiger partial charge in [-0.2, -0.15) is 13.2 Å². The Kier molecular flexibility index (Phi) is 5.65. The van der Waals surface area contributed by atoms with Crippen molar-refractivity contribution in [2.45, 2.75) is 32.1 Å². The molecule has 28 heavy (non-hydrogen) atoms. The van der Waals surface area contributed by atoms with E-state index in [1.165, 1.54) is 23.3 Å². The van der Waals surface area contributed by atoms with Crippen molar-refractivity contribution in [1.82, 2.24) is 9.80 Å². The maximum absolute atomic E-state index is 12.8. The number of anilines is 1. The standard InChI is InChI=1S/C21H24F3N3O/c1-14-7-4-5-10-19(14)15(2)26(3)18-12-27(13-18)20(28)25-17-9-6-8-16(11-17)21(22,23)24/h4-11,15,18H,12-13H2,1-3H3,(H,25,28). The van der Waals surface area contributed by atoms with Crippen molar-refractivity contribution in [3.8, 4) is 0 Å². The number of carbonyl (C=O) groups excluding carboxylic acids is 1. The molecule has 1 aliphatic heterocycles. The minimum Gasteiger partial charge on any atom is -0.321 e. The molecule has 4 nitrogen and oxygen atoms in total. The summed E-state index contributed by atoms with van der Waals surface area (Å²) in [4.78, 5) is 16.2. The van der Waals surface area contributed by atoms with E-state index in [-0.39, 0.29) is 23.8 Å². The fraction of sp³-hybridized carbons (Fsp3) is 0.381. The van der Waals surface area contributed by atoms with E-state index in [2.05, 4.69) is 36.2 Å². The van der Waals surface area contributed by atoms with E-state index in [0.717, 1.165) is 12.1 Å². The zero-order valence-electron chi connectivity index (χ0n) is 16.1. The Hall–Kier alpha value is -2.54. The Balaban J connectivity index is 1.56. The molecule has 2 amide bonds. The molecule has 2 aromatic carbocycles. The van der Waals surface area contributed by atoms with E-state index >= 15 is 0 Å². The highest BCUT2D eigenvalue weighted by Gasteiger charge is 2.36. The smallest absolute Gasteiger partial charge is 0.321 e. The van der Waals surface area contributed by atoms with Gasteiger partial charge >= 0.3 is 12.2 Å². The molecule has 7 heteroatoms. The average Bonchev–Trinajstić information content (AvgIpc) is 2.59. The van der Waals surface area contributed by atoms with Gasteiger partial charge in [-0.15, -0.1) is 0 Å². The van der Waals surface area contributed by atoms with Gasteiger partial charge in [-0.25, -0.2) is 4.79 Å². The van der Waals surface area contributed by atoms with Crippen LogP contribution in [0.4, 0.5) is 23.7 Å². The number of halogens is 3. The van der Waals surface area contributed by atoms with Crippen LogP contribution in [0.1, 0.15) is 29.7 Å². The van der Waals surface area contributed by atoms with Crippen LogP contribution in [0.15, 0.2) is 48.5 Å². The molecule has 0 radical (unpaired) electrons. The molecule has 1 unspecified atom stereocenters. The number of amides is 2. The minimum absolute atomic E-state index is 0.143. The molecule has 0 saturated carbocycles. The summed E-state index contributed by atoms with van der Waals surface area (Å²) in [7, 11) is 2.03. The SMILES string of the molecule is Cc1ccccc1C(C)N(C)C1CN(C(=O)Nc2cccc(C(F)(F)F)c2)C1. The van der Waals surface area contributed by atoms with Gasteiger partial charge in [-0.05, 0) is 50.2 Å². The number of urea groups is 1. The Morgan fingerprint density at radius 2 is 1.86 bits per heavy atom. The summed E-state index contributed by atoms with van der Waals surface area (Å²) in [5, 5.41) is 2.55. The summed E-state index contributed by atoms with van der Waals surface area (Å²) < 4.78 is 38.4. The quantitative estimate of drug-likeness (QED) is 0.803. The normalized spacial score (nSPS) is 16.0. The van der Waals surface area contributed by atoms with Crippen LogP contribution in [0.25, 0.3) is 0 Å². The Morgan fingerprint density at radius 3 is 2.50 bits per heavy atom. The third kappa shape index (κ3) is 4.30. The monoisotopic (exact) mass is 391 g/mol. The number of nitrogens with one attached hydrogen (secondary N) is 1. The molecule has 1 heterocycles. The number of hydrogen-bond donors (Lipinski definition) is 1. The number of alkyl halides is 3. The molecular formula is C21H24F3N3O. The number of benzene rings is 2. The molecule has 3 rings (SSSR count). The number of aryl methyl sites for hydroxylation is 1. The molecule has 1 aliphatic rings. The molecule has 0 spiro atoms. The van der Waals surface area contributed by atoms with E-state index in [4.69, 9.17) is 0 Å². The zero-order valence-corrected chi connectivity index (χ0v) is 16.1. The van der Waals surface area contributed by atoms with Crippen LogP contribution in [0, 0.1) is 6.92 Å². The minimum atomic E-state index is -4.43. The Morgan fingerprint density at radius 1 is 1.18 bits per heavy atom. The fourth-order valence-corrected chi connectivity index (χ4v) is 3.45. The van der Waals surface area contributed by atoms with Gasteiger partial charge in [-0.1, -0.05) is 30.3 Å². The first-order valence-corrected chi connectivity index (χ1v) is 9.17. The summed E-state index contributed by atoms with van der Waals surface area (Å²) in [6.45, 7) is 5.29. The summed E-state index contributed by atoms with van der Waals surface area (Å²) in [5.74, 6) is 0. The van der Waals surface area contributed by atoms with Crippen LogP contribution in [-0.2, 0) is 6.18 Å². The average molecular weight is 391 g/mol. The first kappa shape index (κ1) is 20.2. The summed E-state index contributed by atoms with van der Waals surface area (Å²) in [5.41, 5.74) is 1.83. The van der Waals surface area contributed by atoms with Crippen molar-refractivity contribution in [3.05, 3.63) is 65.2 Å². The van der Waals surface area contributed by atoms with Crippen molar-refractivity contribution >= 4 is 11.7 Å².